The van der Waals surface area contributed by atoms with Crippen LogP contribution in [0.1, 0.15) is 58.8 Å². The van der Waals surface area contributed by atoms with E-state index in [4.69, 9.17) is 5.73 Å². The van der Waals surface area contributed by atoms with Crippen molar-refractivity contribution >= 4 is 0 Å². The summed E-state index contributed by atoms with van der Waals surface area (Å²) in [4.78, 5) is 0. The predicted octanol–water partition coefficient (Wildman–Crippen LogP) is 3.33. The van der Waals surface area contributed by atoms with Crippen LogP contribution in [-0.4, -0.2) is 6.04 Å². The van der Waals surface area contributed by atoms with Gasteiger partial charge >= 0.3 is 0 Å². The van der Waals surface area contributed by atoms with Gasteiger partial charge in [-0.3, -0.25) is 0 Å². The summed E-state index contributed by atoms with van der Waals surface area (Å²) in [6, 6.07) is 0.505. The third-order valence-corrected chi connectivity index (χ3v) is 3.69. The highest BCUT2D eigenvalue weighted by Crippen LogP contribution is 2.33. The van der Waals surface area contributed by atoms with Crippen molar-refractivity contribution in [1.29, 1.82) is 0 Å². The second-order valence-corrected chi connectivity index (χ2v) is 4.58. The zero-order valence-electron chi connectivity index (χ0n) is 9.26. The number of rotatable bonds is 6. The molecule has 2 N–H and O–H groups in total. The van der Waals surface area contributed by atoms with Gasteiger partial charge in [0.2, 0.25) is 0 Å². The van der Waals surface area contributed by atoms with Crippen molar-refractivity contribution in [2.45, 2.75) is 64.8 Å². The van der Waals surface area contributed by atoms with Crippen LogP contribution < -0.4 is 5.73 Å². The molecule has 1 fully saturated rings. The van der Waals surface area contributed by atoms with Crippen molar-refractivity contribution in [1.82, 2.24) is 0 Å². The zero-order valence-corrected chi connectivity index (χ0v) is 9.26. The van der Waals surface area contributed by atoms with Gasteiger partial charge in [-0.15, -0.1) is 0 Å². The van der Waals surface area contributed by atoms with E-state index in [9.17, 15) is 0 Å². The summed E-state index contributed by atoms with van der Waals surface area (Å²) in [6.07, 6.45) is 9.51. The minimum absolute atomic E-state index is 0.505. The summed E-state index contributed by atoms with van der Waals surface area (Å²) in [7, 11) is 0. The summed E-state index contributed by atoms with van der Waals surface area (Å²) in [5.41, 5.74) is 6.27. The molecule has 1 heteroatoms. The highest BCUT2D eigenvalue weighted by molar-refractivity contribution is 4.84. The van der Waals surface area contributed by atoms with Gasteiger partial charge in [-0.1, -0.05) is 39.5 Å². The fourth-order valence-electron chi connectivity index (χ4n) is 2.34. The van der Waals surface area contributed by atoms with Gasteiger partial charge in [0.05, 0.1) is 0 Å². The lowest BCUT2D eigenvalue weighted by Crippen LogP contribution is -2.40. The van der Waals surface area contributed by atoms with Gasteiger partial charge in [-0.05, 0) is 31.1 Å². The molecule has 1 rings (SSSR count). The smallest absolute Gasteiger partial charge is 0.00955 e. The lowest BCUT2D eigenvalue weighted by atomic mass is 9.73. The van der Waals surface area contributed by atoms with Crippen molar-refractivity contribution in [2.75, 3.05) is 0 Å². The molecule has 1 aliphatic rings. The fraction of sp³-hybridized carbons (Fsp3) is 1.00. The van der Waals surface area contributed by atoms with Gasteiger partial charge < -0.3 is 5.73 Å². The van der Waals surface area contributed by atoms with E-state index in [-0.39, 0.29) is 0 Å². The first kappa shape index (κ1) is 11.0. The molecule has 1 aliphatic carbocycles. The van der Waals surface area contributed by atoms with Gasteiger partial charge in [-0.25, -0.2) is 0 Å². The molecule has 0 aromatic carbocycles. The maximum Gasteiger partial charge on any atom is 0.00955 e. The molecule has 2 unspecified atom stereocenters. The van der Waals surface area contributed by atoms with Crippen LogP contribution in [0.2, 0.25) is 0 Å². The SMILES string of the molecule is CCCCC(CC)C(N)C1CCC1. The van der Waals surface area contributed by atoms with Gasteiger partial charge in [0.15, 0.2) is 0 Å². The number of hydrogen-bond acceptors (Lipinski definition) is 1. The molecule has 13 heavy (non-hydrogen) atoms. The van der Waals surface area contributed by atoms with Crippen LogP contribution in [0.4, 0.5) is 0 Å². The van der Waals surface area contributed by atoms with Crippen LogP contribution in [0.3, 0.4) is 0 Å². The number of hydrogen-bond donors (Lipinski definition) is 1. The molecule has 0 spiro atoms. The quantitative estimate of drug-likeness (QED) is 0.671. The minimum atomic E-state index is 0.505. The number of nitrogens with two attached hydrogens (primary N) is 1. The van der Waals surface area contributed by atoms with Crippen LogP contribution in [-0.2, 0) is 0 Å². The van der Waals surface area contributed by atoms with Crippen molar-refractivity contribution in [3.05, 3.63) is 0 Å². The minimum Gasteiger partial charge on any atom is -0.327 e. The molecule has 0 saturated heterocycles. The van der Waals surface area contributed by atoms with E-state index < -0.39 is 0 Å². The van der Waals surface area contributed by atoms with Crippen LogP contribution in [0, 0.1) is 11.8 Å². The van der Waals surface area contributed by atoms with Crippen molar-refractivity contribution < 1.29 is 0 Å². The molecular weight excluding hydrogens is 158 g/mol. The Labute approximate surface area is 83.1 Å². The van der Waals surface area contributed by atoms with Crippen molar-refractivity contribution in [2.24, 2.45) is 17.6 Å². The van der Waals surface area contributed by atoms with Gasteiger partial charge in [0, 0.05) is 6.04 Å². The first-order valence-corrected chi connectivity index (χ1v) is 6.05. The lowest BCUT2D eigenvalue weighted by molar-refractivity contribution is 0.195. The second kappa shape index (κ2) is 5.64. The van der Waals surface area contributed by atoms with E-state index in [0.29, 0.717) is 6.04 Å². The third-order valence-electron chi connectivity index (χ3n) is 3.69. The summed E-state index contributed by atoms with van der Waals surface area (Å²) < 4.78 is 0. The Bertz CT molecular complexity index is 129. The molecule has 0 aromatic rings. The summed E-state index contributed by atoms with van der Waals surface area (Å²) in [5.74, 6) is 1.66. The summed E-state index contributed by atoms with van der Waals surface area (Å²) >= 11 is 0. The fourth-order valence-corrected chi connectivity index (χ4v) is 2.34. The van der Waals surface area contributed by atoms with E-state index in [0.717, 1.165) is 11.8 Å². The maximum absolute atomic E-state index is 6.27. The molecule has 0 aromatic heterocycles. The topological polar surface area (TPSA) is 26.0 Å². The largest absolute Gasteiger partial charge is 0.327 e. The maximum atomic E-state index is 6.27. The van der Waals surface area contributed by atoms with Gasteiger partial charge in [-0.2, -0.15) is 0 Å². The highest BCUT2D eigenvalue weighted by atomic mass is 14.7. The predicted molar refractivity (Wildman–Crippen MR) is 58.6 cm³/mol. The zero-order chi connectivity index (χ0) is 9.68. The number of unbranched alkanes of at least 4 members (excludes halogenated alkanes) is 1. The molecule has 0 heterocycles. The molecule has 0 amide bonds. The van der Waals surface area contributed by atoms with Crippen LogP contribution in [0.15, 0.2) is 0 Å². The average molecular weight is 183 g/mol. The Hall–Kier alpha value is -0.0400. The van der Waals surface area contributed by atoms with Crippen molar-refractivity contribution in [3.8, 4) is 0 Å². The molecule has 1 saturated carbocycles. The normalized spacial score (nSPS) is 22.4. The Morgan fingerprint density at radius 2 is 2.00 bits per heavy atom. The highest BCUT2D eigenvalue weighted by Gasteiger charge is 2.28. The van der Waals surface area contributed by atoms with E-state index in [1.54, 1.807) is 0 Å². The summed E-state index contributed by atoms with van der Waals surface area (Å²) in [5, 5.41) is 0. The van der Waals surface area contributed by atoms with E-state index >= 15 is 0 Å². The Balaban J connectivity index is 2.26. The Kier molecular flexibility index (Phi) is 4.79. The monoisotopic (exact) mass is 183 g/mol. The third kappa shape index (κ3) is 2.98. The molecule has 0 bridgehead atoms. The molecule has 2 atom stereocenters. The first-order chi connectivity index (χ1) is 6.29. The van der Waals surface area contributed by atoms with Crippen LogP contribution in [0.25, 0.3) is 0 Å². The van der Waals surface area contributed by atoms with E-state index in [2.05, 4.69) is 13.8 Å². The van der Waals surface area contributed by atoms with Crippen LogP contribution in [0.5, 0.6) is 0 Å². The Morgan fingerprint density at radius 3 is 2.38 bits per heavy atom. The van der Waals surface area contributed by atoms with Crippen molar-refractivity contribution in [3.63, 3.8) is 0 Å². The molecule has 0 aliphatic heterocycles. The summed E-state index contributed by atoms with van der Waals surface area (Å²) in [6.45, 7) is 4.56. The molecule has 78 valence electrons. The molecule has 0 radical (unpaired) electrons. The standard InChI is InChI=1S/C12H25N/c1-3-5-7-10(4-2)12(13)11-8-6-9-11/h10-12H,3-9,13H2,1-2H3. The Morgan fingerprint density at radius 1 is 1.31 bits per heavy atom. The lowest BCUT2D eigenvalue weighted by Gasteiger charge is -2.36. The van der Waals surface area contributed by atoms with E-state index in [1.165, 1.54) is 44.9 Å². The average Bonchev–Trinajstić information content (AvgIpc) is 2.02. The van der Waals surface area contributed by atoms with E-state index in [1.807, 2.05) is 0 Å². The molecular formula is C12H25N. The van der Waals surface area contributed by atoms with Crippen LogP contribution >= 0.6 is 0 Å². The second-order valence-electron chi connectivity index (χ2n) is 4.58. The van der Waals surface area contributed by atoms with Gasteiger partial charge in [0.1, 0.15) is 0 Å². The first-order valence-electron chi connectivity index (χ1n) is 6.05. The van der Waals surface area contributed by atoms with Gasteiger partial charge in [0.25, 0.3) is 0 Å². The molecule has 1 nitrogen and oxygen atoms in total.